The molecule has 1 heterocycles. The largest absolute Gasteiger partial charge is 0.383 e. The molecule has 0 fully saturated rings. The van der Waals surface area contributed by atoms with Crippen molar-refractivity contribution in [2.24, 2.45) is 0 Å². The van der Waals surface area contributed by atoms with Gasteiger partial charge in [-0.3, -0.25) is 9.59 Å². The monoisotopic (exact) mass is 541 g/mol. The summed E-state index contributed by atoms with van der Waals surface area (Å²) in [6.45, 7) is 9.06. The third-order valence-electron chi connectivity index (χ3n) is 5.67. The number of carbonyl (C=O) groups excluding carboxylic acids is 2. The van der Waals surface area contributed by atoms with Crippen LogP contribution in [0.5, 0.6) is 0 Å². The quantitative estimate of drug-likeness (QED) is 0.403. The van der Waals surface area contributed by atoms with Gasteiger partial charge in [-0.25, -0.2) is 13.1 Å². The molecule has 0 atom stereocenters. The molecule has 0 saturated heterocycles. The maximum atomic E-state index is 13.4. The van der Waals surface area contributed by atoms with Crippen molar-refractivity contribution in [3.05, 3.63) is 65.9 Å². The average Bonchev–Trinajstić information content (AvgIpc) is 3.26. The minimum absolute atomic E-state index is 0.00433. The number of anilines is 2. The maximum Gasteiger partial charge on any atom is 0.243 e. The highest BCUT2D eigenvalue weighted by Crippen LogP contribution is 2.27. The highest BCUT2D eigenvalue weighted by atomic mass is 32.2. The number of nitrogens with one attached hydrogen (secondary N) is 2. The standard InChI is InChI=1S/C27H35N5O5S/c1-19-8-7-9-22(16-19)32-25(17-24(30-32)27(3,4)5)29-26(34)18-31(14-15-37-6)38(35,36)23-12-10-21(11-13-23)28-20(2)33/h7-13,16-17H,14-15,18H2,1-6H3,(H,28,33)(H,29,34). The Morgan fingerprint density at radius 2 is 1.74 bits per heavy atom. The van der Waals surface area contributed by atoms with Gasteiger partial charge in [-0.05, 0) is 48.9 Å². The van der Waals surface area contributed by atoms with Crippen molar-refractivity contribution in [3.63, 3.8) is 0 Å². The van der Waals surface area contributed by atoms with Crippen LogP contribution in [0.4, 0.5) is 11.5 Å². The molecule has 38 heavy (non-hydrogen) atoms. The van der Waals surface area contributed by atoms with Gasteiger partial charge >= 0.3 is 0 Å². The summed E-state index contributed by atoms with van der Waals surface area (Å²) in [4.78, 5) is 24.5. The fraction of sp³-hybridized carbons (Fsp3) is 0.370. The summed E-state index contributed by atoms with van der Waals surface area (Å²) in [6, 6.07) is 15.3. The molecule has 2 aromatic carbocycles. The Morgan fingerprint density at radius 3 is 2.32 bits per heavy atom. The zero-order chi connectivity index (χ0) is 28.1. The van der Waals surface area contributed by atoms with Crippen LogP contribution >= 0.6 is 0 Å². The van der Waals surface area contributed by atoms with Gasteiger partial charge in [0, 0.05) is 37.7 Å². The smallest absolute Gasteiger partial charge is 0.243 e. The number of nitrogens with zero attached hydrogens (tertiary/aromatic N) is 3. The second kappa shape index (κ2) is 11.9. The van der Waals surface area contributed by atoms with E-state index in [9.17, 15) is 18.0 Å². The van der Waals surface area contributed by atoms with Gasteiger partial charge in [0.1, 0.15) is 5.82 Å². The number of sulfonamides is 1. The molecule has 0 aliphatic rings. The number of amides is 2. The maximum absolute atomic E-state index is 13.4. The Balaban J connectivity index is 1.88. The van der Waals surface area contributed by atoms with Crippen LogP contribution in [0.2, 0.25) is 0 Å². The zero-order valence-corrected chi connectivity index (χ0v) is 23.4. The van der Waals surface area contributed by atoms with Crippen molar-refractivity contribution in [3.8, 4) is 5.69 Å². The Labute approximate surface area is 224 Å². The van der Waals surface area contributed by atoms with Gasteiger partial charge in [-0.2, -0.15) is 9.40 Å². The van der Waals surface area contributed by atoms with Crippen molar-refractivity contribution in [1.29, 1.82) is 0 Å². The van der Waals surface area contributed by atoms with Crippen molar-refractivity contribution < 1.29 is 22.7 Å². The lowest BCUT2D eigenvalue weighted by molar-refractivity contribution is -0.116. The summed E-state index contributed by atoms with van der Waals surface area (Å²) in [5.74, 6) is -0.346. The summed E-state index contributed by atoms with van der Waals surface area (Å²) in [5, 5.41) is 10.2. The SMILES string of the molecule is COCCN(CC(=O)Nc1cc(C(C)(C)C)nn1-c1cccc(C)c1)S(=O)(=O)c1ccc(NC(C)=O)cc1. The number of aryl methyl sites for hydroxylation is 1. The van der Waals surface area contributed by atoms with Crippen LogP contribution in [0.1, 0.15) is 39.0 Å². The van der Waals surface area contributed by atoms with Crippen LogP contribution in [0.3, 0.4) is 0 Å². The van der Waals surface area contributed by atoms with Gasteiger partial charge in [0.05, 0.1) is 29.4 Å². The molecule has 0 saturated carbocycles. The highest BCUT2D eigenvalue weighted by Gasteiger charge is 2.28. The Kier molecular flexibility index (Phi) is 9.08. The molecule has 0 aliphatic heterocycles. The van der Waals surface area contributed by atoms with Crippen LogP contribution in [-0.2, 0) is 29.8 Å². The first-order chi connectivity index (χ1) is 17.8. The first-order valence-corrected chi connectivity index (χ1v) is 13.6. The normalized spacial score (nSPS) is 12.0. The van der Waals surface area contributed by atoms with Gasteiger partial charge in [0.15, 0.2) is 0 Å². The molecule has 11 heteroatoms. The molecule has 1 aromatic heterocycles. The van der Waals surface area contributed by atoms with E-state index < -0.39 is 22.5 Å². The van der Waals surface area contributed by atoms with Crippen LogP contribution in [0.15, 0.2) is 59.5 Å². The molecule has 3 aromatic rings. The number of aromatic nitrogens is 2. The van der Waals surface area contributed by atoms with Crippen LogP contribution < -0.4 is 10.6 Å². The second-order valence-corrected chi connectivity index (χ2v) is 11.9. The molecule has 2 amide bonds. The van der Waals surface area contributed by atoms with Crippen molar-refractivity contribution in [1.82, 2.24) is 14.1 Å². The van der Waals surface area contributed by atoms with Crippen LogP contribution in [0, 0.1) is 6.92 Å². The fourth-order valence-corrected chi connectivity index (χ4v) is 5.06. The highest BCUT2D eigenvalue weighted by molar-refractivity contribution is 7.89. The lowest BCUT2D eigenvalue weighted by Gasteiger charge is -2.22. The summed E-state index contributed by atoms with van der Waals surface area (Å²) in [7, 11) is -2.57. The molecular formula is C27H35N5O5S. The lowest BCUT2D eigenvalue weighted by atomic mass is 9.92. The van der Waals surface area contributed by atoms with Crippen molar-refractivity contribution >= 4 is 33.3 Å². The van der Waals surface area contributed by atoms with Gasteiger partial charge in [0.25, 0.3) is 0 Å². The number of hydrogen-bond acceptors (Lipinski definition) is 6. The minimum atomic E-state index is -4.03. The van der Waals surface area contributed by atoms with E-state index in [0.29, 0.717) is 11.5 Å². The van der Waals surface area contributed by atoms with E-state index in [-0.39, 0.29) is 29.4 Å². The third-order valence-corrected chi connectivity index (χ3v) is 7.53. The average molecular weight is 542 g/mol. The Hall–Kier alpha value is -3.54. The van der Waals surface area contributed by atoms with Crippen molar-refractivity contribution in [2.45, 2.75) is 44.9 Å². The molecule has 0 spiro atoms. The van der Waals surface area contributed by atoms with E-state index in [2.05, 4.69) is 10.6 Å². The molecular weight excluding hydrogens is 506 g/mol. The lowest BCUT2D eigenvalue weighted by Crippen LogP contribution is -2.40. The molecule has 2 N–H and O–H groups in total. The number of carbonyl (C=O) groups is 2. The topological polar surface area (TPSA) is 123 Å². The molecule has 0 unspecified atom stereocenters. The number of rotatable bonds is 10. The van der Waals surface area contributed by atoms with Crippen molar-refractivity contribution in [2.75, 3.05) is 37.4 Å². The van der Waals surface area contributed by atoms with E-state index in [1.807, 2.05) is 52.0 Å². The number of methoxy groups -OCH3 is 1. The summed E-state index contributed by atoms with van der Waals surface area (Å²) < 4.78 is 34.6. The Morgan fingerprint density at radius 1 is 1.05 bits per heavy atom. The molecule has 3 rings (SSSR count). The first-order valence-electron chi connectivity index (χ1n) is 12.2. The van der Waals surface area contributed by atoms with Gasteiger partial charge in [-0.15, -0.1) is 0 Å². The van der Waals surface area contributed by atoms with E-state index >= 15 is 0 Å². The summed E-state index contributed by atoms with van der Waals surface area (Å²) in [5.41, 5.74) is 2.79. The number of hydrogen-bond donors (Lipinski definition) is 2. The summed E-state index contributed by atoms with van der Waals surface area (Å²) in [6.07, 6.45) is 0. The fourth-order valence-electron chi connectivity index (χ4n) is 3.68. The Bertz CT molecular complexity index is 1390. The molecule has 0 aliphatic carbocycles. The van der Waals surface area contributed by atoms with Gasteiger partial charge in [-0.1, -0.05) is 32.9 Å². The predicted octanol–water partition coefficient (Wildman–Crippen LogP) is 3.71. The van der Waals surface area contributed by atoms with E-state index in [1.54, 1.807) is 10.7 Å². The second-order valence-electron chi connectivity index (χ2n) is 10.0. The van der Waals surface area contributed by atoms with E-state index in [1.165, 1.54) is 38.3 Å². The van der Waals surface area contributed by atoms with E-state index in [4.69, 9.17) is 9.84 Å². The number of ether oxygens (including phenoxy) is 1. The van der Waals surface area contributed by atoms with Crippen LogP contribution in [0.25, 0.3) is 5.69 Å². The molecule has 10 nitrogen and oxygen atoms in total. The van der Waals surface area contributed by atoms with Gasteiger partial charge in [0.2, 0.25) is 21.8 Å². The third kappa shape index (κ3) is 7.27. The van der Waals surface area contributed by atoms with Gasteiger partial charge < -0.3 is 15.4 Å². The van der Waals surface area contributed by atoms with E-state index in [0.717, 1.165) is 21.2 Å². The zero-order valence-electron chi connectivity index (χ0n) is 22.6. The number of benzene rings is 2. The van der Waals surface area contributed by atoms with Crippen LogP contribution in [-0.4, -0.2) is 61.1 Å². The molecule has 0 bridgehead atoms. The summed E-state index contributed by atoms with van der Waals surface area (Å²) >= 11 is 0. The molecule has 0 radical (unpaired) electrons. The molecule has 204 valence electrons. The predicted molar refractivity (Wildman–Crippen MR) is 147 cm³/mol. The first kappa shape index (κ1) is 29.0. The minimum Gasteiger partial charge on any atom is -0.383 e.